The molecule has 1 rings (SSSR count). The Labute approximate surface area is 412 Å². The van der Waals surface area contributed by atoms with Crippen LogP contribution in [0.15, 0.2) is 48.6 Å². The molecule has 1 fully saturated rings. The first-order valence-electron chi connectivity index (χ1n) is 28.4. The van der Waals surface area contributed by atoms with Crippen molar-refractivity contribution in [2.45, 2.75) is 301 Å². The van der Waals surface area contributed by atoms with Gasteiger partial charge < -0.3 is 40.3 Å². The molecule has 1 saturated heterocycles. The fourth-order valence-electron chi connectivity index (χ4n) is 8.83. The van der Waals surface area contributed by atoms with E-state index in [1.807, 2.05) is 6.08 Å². The van der Waals surface area contributed by atoms with Crippen LogP contribution in [0.4, 0.5) is 0 Å². The zero-order valence-electron chi connectivity index (χ0n) is 43.4. The third kappa shape index (κ3) is 37.6. The molecular weight excluding hydrogens is 839 g/mol. The van der Waals surface area contributed by atoms with E-state index < -0.39 is 49.5 Å². The maximum absolute atomic E-state index is 13.0. The van der Waals surface area contributed by atoms with Crippen LogP contribution in [0, 0.1) is 0 Å². The van der Waals surface area contributed by atoms with Crippen LogP contribution in [-0.2, 0) is 14.3 Å². The molecule has 0 aromatic rings. The van der Waals surface area contributed by atoms with Gasteiger partial charge in [0.15, 0.2) is 6.29 Å². The van der Waals surface area contributed by atoms with Crippen LogP contribution < -0.4 is 5.32 Å². The van der Waals surface area contributed by atoms with Crippen molar-refractivity contribution < 1.29 is 39.8 Å². The standard InChI is InChI=1S/C58H107NO8/c1-3-5-7-9-11-13-15-17-19-21-23-24-25-26-27-28-30-32-34-36-38-40-42-44-46-48-54(62)59-51(50-66-58-57(65)56(64)55(63)53(49-60)67-58)52(61)47-45-43-41-39-37-35-33-31-29-22-20-18-16-14-12-10-8-6-4-2/h26-27,29,31,37,39,45,47,51-53,55-58,60-61,63-65H,3-25,28,30,32-36,38,40-44,46,48-50H2,1-2H3,(H,59,62)/b27-26-,31-29+,39-37+,47-45+. The Bertz CT molecular complexity index is 1190. The number of hydrogen-bond donors (Lipinski definition) is 6. The monoisotopic (exact) mass is 946 g/mol. The van der Waals surface area contributed by atoms with Gasteiger partial charge in [-0.25, -0.2) is 0 Å². The molecule has 0 aromatic carbocycles. The predicted octanol–water partition coefficient (Wildman–Crippen LogP) is 13.7. The lowest BCUT2D eigenvalue weighted by Gasteiger charge is -2.40. The van der Waals surface area contributed by atoms with E-state index >= 15 is 0 Å². The predicted molar refractivity (Wildman–Crippen MR) is 281 cm³/mol. The summed E-state index contributed by atoms with van der Waals surface area (Å²) in [7, 11) is 0. The Morgan fingerprint density at radius 1 is 0.493 bits per heavy atom. The summed E-state index contributed by atoms with van der Waals surface area (Å²) in [6, 6.07) is -0.830. The lowest BCUT2D eigenvalue weighted by molar-refractivity contribution is -0.302. The molecule has 1 amide bonds. The van der Waals surface area contributed by atoms with E-state index in [0.717, 1.165) is 44.9 Å². The summed E-state index contributed by atoms with van der Waals surface area (Å²) in [6.45, 7) is 3.77. The molecule has 1 heterocycles. The zero-order valence-corrected chi connectivity index (χ0v) is 43.4. The number of hydrogen-bond acceptors (Lipinski definition) is 8. The average molecular weight is 946 g/mol. The van der Waals surface area contributed by atoms with Crippen molar-refractivity contribution in [3.8, 4) is 0 Å². The van der Waals surface area contributed by atoms with Gasteiger partial charge in [0.05, 0.1) is 25.4 Å². The number of ether oxygens (including phenoxy) is 2. The maximum atomic E-state index is 13.0. The fraction of sp³-hybridized carbons (Fsp3) is 0.845. The van der Waals surface area contributed by atoms with Gasteiger partial charge in [0, 0.05) is 6.42 Å². The van der Waals surface area contributed by atoms with Crippen molar-refractivity contribution in [3.05, 3.63) is 48.6 Å². The summed E-state index contributed by atoms with van der Waals surface area (Å²) in [6.07, 6.45) is 56.0. The van der Waals surface area contributed by atoms with E-state index in [1.165, 1.54) is 193 Å². The molecule has 6 N–H and O–H groups in total. The lowest BCUT2D eigenvalue weighted by Crippen LogP contribution is -2.60. The van der Waals surface area contributed by atoms with Crippen LogP contribution in [0.5, 0.6) is 0 Å². The Morgan fingerprint density at radius 3 is 1.25 bits per heavy atom. The molecule has 9 nitrogen and oxygen atoms in total. The molecule has 1 aliphatic heterocycles. The van der Waals surface area contributed by atoms with Gasteiger partial charge in [0.25, 0.3) is 0 Å². The first-order chi connectivity index (χ1) is 32.8. The number of unbranched alkanes of at least 4 members (excludes halogenated alkanes) is 32. The van der Waals surface area contributed by atoms with Crippen LogP contribution in [0.25, 0.3) is 0 Å². The molecule has 9 heteroatoms. The number of amides is 1. The highest BCUT2D eigenvalue weighted by Gasteiger charge is 2.44. The van der Waals surface area contributed by atoms with Gasteiger partial charge in [-0.1, -0.05) is 229 Å². The van der Waals surface area contributed by atoms with Crippen LogP contribution in [0.2, 0.25) is 0 Å². The van der Waals surface area contributed by atoms with Crippen molar-refractivity contribution in [1.82, 2.24) is 5.32 Å². The van der Waals surface area contributed by atoms with Crippen LogP contribution >= 0.6 is 0 Å². The zero-order chi connectivity index (χ0) is 48.7. The first kappa shape index (κ1) is 63.2. The Morgan fingerprint density at radius 2 is 0.851 bits per heavy atom. The number of aliphatic hydroxyl groups excluding tert-OH is 5. The molecule has 7 atom stereocenters. The number of carbonyl (C=O) groups is 1. The minimum Gasteiger partial charge on any atom is -0.394 e. The highest BCUT2D eigenvalue weighted by molar-refractivity contribution is 5.76. The van der Waals surface area contributed by atoms with Gasteiger partial charge in [-0.05, 0) is 70.6 Å². The maximum Gasteiger partial charge on any atom is 0.220 e. The Hall–Kier alpha value is -1.85. The van der Waals surface area contributed by atoms with Gasteiger partial charge >= 0.3 is 0 Å². The van der Waals surface area contributed by atoms with E-state index in [1.54, 1.807) is 6.08 Å². The molecular formula is C58H107NO8. The topological polar surface area (TPSA) is 149 Å². The first-order valence-corrected chi connectivity index (χ1v) is 28.4. The third-order valence-corrected chi connectivity index (χ3v) is 13.4. The van der Waals surface area contributed by atoms with Crippen LogP contribution in [0.3, 0.4) is 0 Å². The van der Waals surface area contributed by atoms with Crippen LogP contribution in [-0.4, -0.2) is 87.5 Å². The molecule has 0 spiro atoms. The van der Waals surface area contributed by atoms with Gasteiger partial charge in [0.1, 0.15) is 24.4 Å². The average Bonchev–Trinajstić information content (AvgIpc) is 3.33. The van der Waals surface area contributed by atoms with Crippen molar-refractivity contribution in [2.75, 3.05) is 13.2 Å². The van der Waals surface area contributed by atoms with Crippen LogP contribution in [0.1, 0.15) is 258 Å². The highest BCUT2D eigenvalue weighted by Crippen LogP contribution is 2.23. The third-order valence-electron chi connectivity index (χ3n) is 13.4. The van der Waals surface area contributed by atoms with Gasteiger partial charge in [-0.3, -0.25) is 4.79 Å². The number of nitrogens with one attached hydrogen (secondary N) is 1. The lowest BCUT2D eigenvalue weighted by atomic mass is 9.99. The molecule has 0 radical (unpaired) electrons. The minimum absolute atomic E-state index is 0.192. The quantitative estimate of drug-likeness (QED) is 0.0261. The van der Waals surface area contributed by atoms with E-state index in [-0.39, 0.29) is 12.5 Å². The summed E-state index contributed by atoms with van der Waals surface area (Å²) in [5.74, 6) is -0.192. The molecule has 0 aromatic heterocycles. The normalized spacial score (nSPS) is 20.0. The minimum atomic E-state index is -1.58. The fourth-order valence-corrected chi connectivity index (χ4v) is 8.83. The van der Waals surface area contributed by atoms with E-state index in [9.17, 15) is 30.3 Å². The van der Waals surface area contributed by atoms with Crippen molar-refractivity contribution in [3.63, 3.8) is 0 Å². The Balaban J connectivity index is 2.26. The molecule has 7 unspecified atom stereocenters. The largest absolute Gasteiger partial charge is 0.394 e. The summed E-state index contributed by atoms with van der Waals surface area (Å²) >= 11 is 0. The second-order valence-electron chi connectivity index (χ2n) is 19.7. The highest BCUT2D eigenvalue weighted by atomic mass is 16.7. The second kappa shape index (κ2) is 47.8. The Kier molecular flexibility index (Phi) is 45.1. The SMILES string of the molecule is CCCCCCCCCCC/C=C/CC/C=C/CC/C=C/C(O)C(COC1OC(CO)C(O)C(O)C1O)NC(=O)CCCCCCCCCCC/C=C\CCCCCCCCCCCCCC. The van der Waals surface area contributed by atoms with Gasteiger partial charge in [-0.15, -0.1) is 0 Å². The smallest absolute Gasteiger partial charge is 0.220 e. The number of allylic oxidation sites excluding steroid dienone is 7. The molecule has 67 heavy (non-hydrogen) atoms. The van der Waals surface area contributed by atoms with Gasteiger partial charge in [-0.2, -0.15) is 0 Å². The molecule has 0 saturated carbocycles. The van der Waals surface area contributed by atoms with Crippen molar-refractivity contribution in [2.24, 2.45) is 0 Å². The number of carbonyl (C=O) groups excluding carboxylic acids is 1. The second-order valence-corrected chi connectivity index (χ2v) is 19.7. The van der Waals surface area contributed by atoms with E-state index in [4.69, 9.17) is 9.47 Å². The summed E-state index contributed by atoms with van der Waals surface area (Å²) < 4.78 is 11.2. The van der Waals surface area contributed by atoms with Gasteiger partial charge in [0.2, 0.25) is 5.91 Å². The summed E-state index contributed by atoms with van der Waals surface area (Å²) in [5.41, 5.74) is 0. The molecule has 1 aliphatic rings. The van der Waals surface area contributed by atoms with Crippen molar-refractivity contribution >= 4 is 5.91 Å². The van der Waals surface area contributed by atoms with E-state index in [2.05, 4.69) is 55.6 Å². The molecule has 0 bridgehead atoms. The number of aliphatic hydroxyl groups is 5. The van der Waals surface area contributed by atoms with E-state index in [0.29, 0.717) is 6.42 Å². The molecule has 0 aliphatic carbocycles. The number of rotatable bonds is 48. The summed E-state index contributed by atoms with van der Waals surface area (Å²) in [5, 5.41) is 54.4. The van der Waals surface area contributed by atoms with Crippen molar-refractivity contribution in [1.29, 1.82) is 0 Å². The molecule has 392 valence electrons. The summed E-state index contributed by atoms with van der Waals surface area (Å²) in [4.78, 5) is 13.0.